The molecule has 2 rings (SSSR count). The quantitative estimate of drug-likeness (QED) is 0.392. The zero-order chi connectivity index (χ0) is 15.8. The third kappa shape index (κ3) is 8.32. The van der Waals surface area contributed by atoms with Crippen molar-refractivity contribution in [1.82, 2.24) is 0 Å². The van der Waals surface area contributed by atoms with Gasteiger partial charge in [0.15, 0.2) is 0 Å². The molecule has 0 radical (unpaired) electrons. The molecule has 0 atom stereocenters. The van der Waals surface area contributed by atoms with Crippen LogP contribution in [-0.4, -0.2) is 18.7 Å². The van der Waals surface area contributed by atoms with Crippen LogP contribution in [0.2, 0.25) is 0 Å². The Bertz CT molecular complexity index is 698. The summed E-state index contributed by atoms with van der Waals surface area (Å²) in [4.78, 5) is 0. The summed E-state index contributed by atoms with van der Waals surface area (Å²) in [7, 11) is -4.03. The van der Waals surface area contributed by atoms with E-state index in [0.717, 1.165) is 38.5 Å². The molecule has 23 heavy (non-hydrogen) atoms. The van der Waals surface area contributed by atoms with Crippen molar-refractivity contribution in [3.8, 4) is 0 Å². The van der Waals surface area contributed by atoms with E-state index < -0.39 is 10.1 Å². The summed E-state index contributed by atoms with van der Waals surface area (Å²) < 4.78 is 31.4. The summed E-state index contributed by atoms with van der Waals surface area (Å²) in [6.45, 7) is 0. The van der Waals surface area contributed by atoms with E-state index >= 15 is 0 Å². The second kappa shape index (κ2) is 10.5. The van der Waals surface area contributed by atoms with Crippen LogP contribution in [-0.2, 0) is 16.5 Å². The average Bonchev–Trinajstić information content (AvgIpc) is 2.48. The molecule has 3 nitrogen and oxygen atoms in total. The normalized spacial score (nSPS) is 11.3. The Kier molecular flexibility index (Phi) is 9.40. The third-order valence-corrected chi connectivity index (χ3v) is 4.71. The Morgan fingerprint density at radius 3 is 2.09 bits per heavy atom. The van der Waals surface area contributed by atoms with Crippen LogP contribution in [0.5, 0.6) is 0 Å². The molecule has 0 saturated carbocycles. The van der Waals surface area contributed by atoms with Crippen LogP contribution in [0.1, 0.15) is 44.1 Å². The maximum atomic E-state index is 10.5. The minimum atomic E-state index is -4.03. The molecule has 0 aliphatic rings. The molecule has 2 aromatic rings. The van der Waals surface area contributed by atoms with Crippen molar-refractivity contribution in [1.29, 1.82) is 0 Å². The topological polar surface area (TPSA) is 57.2 Å². The van der Waals surface area contributed by atoms with Crippen LogP contribution in [0.25, 0.3) is 10.8 Å². The molecule has 0 bridgehead atoms. The van der Waals surface area contributed by atoms with Crippen LogP contribution < -0.4 is 29.6 Å². The van der Waals surface area contributed by atoms with E-state index in [1.807, 2.05) is 0 Å². The summed E-state index contributed by atoms with van der Waals surface area (Å²) in [5.41, 5.74) is 1.37. The first-order valence-corrected chi connectivity index (χ1v) is 9.53. The fourth-order valence-corrected chi connectivity index (χ4v) is 3.27. The largest absolute Gasteiger partial charge is 1.00 e. The summed E-state index contributed by atoms with van der Waals surface area (Å²) in [6.07, 6.45) is 6.82. The molecule has 0 spiro atoms. The van der Waals surface area contributed by atoms with Gasteiger partial charge in [0.05, 0.1) is 10.1 Å². The van der Waals surface area contributed by atoms with Crippen molar-refractivity contribution in [2.45, 2.75) is 44.9 Å². The molecule has 2 aromatic carbocycles. The minimum absolute atomic E-state index is 0. The Balaban J connectivity index is 0.00000264. The first-order chi connectivity index (χ1) is 10.5. The van der Waals surface area contributed by atoms with Gasteiger partial charge in [-0.05, 0) is 35.6 Å². The SMILES string of the molecule is O=S(=O)([O-])CCCCCCCCc1ccc2ccccc2c1.[Na+]. The minimum Gasteiger partial charge on any atom is -0.748 e. The molecular formula is C18H23NaO3S. The molecule has 0 aliphatic carbocycles. The van der Waals surface area contributed by atoms with E-state index in [0.29, 0.717) is 6.42 Å². The van der Waals surface area contributed by atoms with Gasteiger partial charge in [-0.2, -0.15) is 0 Å². The van der Waals surface area contributed by atoms with Gasteiger partial charge in [0.2, 0.25) is 0 Å². The summed E-state index contributed by atoms with van der Waals surface area (Å²) >= 11 is 0. The Morgan fingerprint density at radius 2 is 1.39 bits per heavy atom. The van der Waals surface area contributed by atoms with Gasteiger partial charge < -0.3 is 4.55 Å². The number of benzene rings is 2. The zero-order valence-electron chi connectivity index (χ0n) is 13.8. The van der Waals surface area contributed by atoms with Crippen LogP contribution in [0.4, 0.5) is 0 Å². The molecule has 5 heteroatoms. The molecule has 0 aliphatic heterocycles. The van der Waals surface area contributed by atoms with Gasteiger partial charge in [-0.1, -0.05) is 68.1 Å². The van der Waals surface area contributed by atoms with Gasteiger partial charge in [0.1, 0.15) is 0 Å². The van der Waals surface area contributed by atoms with Crippen molar-refractivity contribution in [3.05, 3.63) is 48.0 Å². The van der Waals surface area contributed by atoms with E-state index in [2.05, 4.69) is 42.5 Å². The predicted octanol–water partition coefficient (Wildman–Crippen LogP) is 1.27. The average molecular weight is 342 g/mol. The summed E-state index contributed by atoms with van der Waals surface area (Å²) in [5, 5.41) is 2.57. The molecule has 0 aromatic heterocycles. The van der Waals surface area contributed by atoms with Gasteiger partial charge >= 0.3 is 29.6 Å². The van der Waals surface area contributed by atoms with Crippen LogP contribution in [0.15, 0.2) is 42.5 Å². The fraction of sp³-hybridized carbons (Fsp3) is 0.444. The van der Waals surface area contributed by atoms with Crippen LogP contribution >= 0.6 is 0 Å². The van der Waals surface area contributed by atoms with Gasteiger partial charge in [-0.15, -0.1) is 0 Å². The number of aryl methyl sites for hydroxylation is 1. The fourth-order valence-electron chi connectivity index (χ4n) is 2.71. The molecule has 0 saturated heterocycles. The Labute approximate surface area is 161 Å². The van der Waals surface area contributed by atoms with Gasteiger partial charge in [0.25, 0.3) is 0 Å². The first-order valence-electron chi connectivity index (χ1n) is 7.96. The van der Waals surface area contributed by atoms with E-state index in [9.17, 15) is 13.0 Å². The molecular weight excluding hydrogens is 319 g/mol. The molecule has 120 valence electrons. The maximum Gasteiger partial charge on any atom is 1.00 e. The number of unbranched alkanes of at least 4 members (excludes halogenated alkanes) is 5. The first kappa shape index (κ1) is 20.7. The van der Waals surface area contributed by atoms with E-state index in [1.165, 1.54) is 16.3 Å². The van der Waals surface area contributed by atoms with Crippen molar-refractivity contribution < 1.29 is 42.5 Å². The third-order valence-electron chi connectivity index (χ3n) is 3.92. The number of fused-ring (bicyclic) bond motifs is 1. The summed E-state index contributed by atoms with van der Waals surface area (Å²) in [5.74, 6) is -0.218. The van der Waals surface area contributed by atoms with Crippen LogP contribution in [0.3, 0.4) is 0 Å². The molecule has 0 heterocycles. The standard InChI is InChI=1S/C18H24O3S.Na/c19-22(20,21)14-8-4-2-1-3-5-9-16-12-13-17-10-6-7-11-18(17)15-16;/h6-7,10-13,15H,1-5,8-9,14H2,(H,19,20,21);/q;+1/p-1. The Morgan fingerprint density at radius 1 is 0.783 bits per heavy atom. The molecule has 0 N–H and O–H groups in total. The van der Waals surface area contributed by atoms with Gasteiger partial charge in [-0.25, -0.2) is 8.42 Å². The summed E-state index contributed by atoms with van der Waals surface area (Å²) in [6, 6.07) is 15.0. The van der Waals surface area contributed by atoms with Crippen molar-refractivity contribution >= 4 is 20.9 Å². The molecule has 0 unspecified atom stereocenters. The molecule has 0 fully saturated rings. The zero-order valence-corrected chi connectivity index (χ0v) is 16.6. The van der Waals surface area contributed by atoms with Crippen molar-refractivity contribution in [2.24, 2.45) is 0 Å². The monoisotopic (exact) mass is 342 g/mol. The van der Waals surface area contributed by atoms with Crippen LogP contribution in [0, 0.1) is 0 Å². The van der Waals surface area contributed by atoms with Gasteiger partial charge in [0, 0.05) is 5.75 Å². The van der Waals surface area contributed by atoms with E-state index in [1.54, 1.807) is 0 Å². The van der Waals surface area contributed by atoms with Crippen molar-refractivity contribution in [2.75, 3.05) is 5.75 Å². The second-order valence-electron chi connectivity index (χ2n) is 5.81. The second-order valence-corrected chi connectivity index (χ2v) is 7.34. The molecule has 0 amide bonds. The van der Waals surface area contributed by atoms with Gasteiger partial charge in [-0.3, -0.25) is 0 Å². The number of rotatable bonds is 9. The maximum absolute atomic E-state index is 10.5. The number of hydrogen-bond donors (Lipinski definition) is 0. The Hall–Kier alpha value is -0.390. The smallest absolute Gasteiger partial charge is 0.748 e. The number of hydrogen-bond acceptors (Lipinski definition) is 3. The van der Waals surface area contributed by atoms with Crippen molar-refractivity contribution in [3.63, 3.8) is 0 Å². The predicted molar refractivity (Wildman–Crippen MR) is 89.9 cm³/mol. The van der Waals surface area contributed by atoms with E-state index in [-0.39, 0.29) is 35.3 Å². The van der Waals surface area contributed by atoms with E-state index in [4.69, 9.17) is 0 Å².